The molecule has 2 aromatic carbocycles. The fourth-order valence-corrected chi connectivity index (χ4v) is 5.00. The molecule has 1 aliphatic rings. The Bertz CT molecular complexity index is 1340. The Labute approximate surface area is 193 Å². The van der Waals surface area contributed by atoms with Gasteiger partial charge in [-0.1, -0.05) is 64.5 Å². The number of para-hydroxylation sites is 1. The van der Waals surface area contributed by atoms with Gasteiger partial charge in [0, 0.05) is 21.6 Å². The molecule has 0 amide bonds. The summed E-state index contributed by atoms with van der Waals surface area (Å²) in [5.41, 5.74) is -0.359. The van der Waals surface area contributed by atoms with E-state index in [9.17, 15) is 18.0 Å². The lowest BCUT2D eigenvalue weighted by atomic mass is 9.80. The summed E-state index contributed by atoms with van der Waals surface area (Å²) < 4.78 is 26.7. The van der Waals surface area contributed by atoms with Gasteiger partial charge in [0.15, 0.2) is 0 Å². The van der Waals surface area contributed by atoms with Crippen molar-refractivity contribution in [2.45, 2.75) is 18.2 Å². The second-order valence-corrected chi connectivity index (χ2v) is 9.98. The third-order valence-corrected chi connectivity index (χ3v) is 7.96. The van der Waals surface area contributed by atoms with Crippen molar-refractivity contribution >= 4 is 48.8 Å². The zero-order valence-corrected chi connectivity index (χ0v) is 19.4. The Morgan fingerprint density at radius 1 is 0.969 bits per heavy atom. The van der Waals surface area contributed by atoms with Crippen LogP contribution in [0.4, 0.5) is 0 Å². The summed E-state index contributed by atoms with van der Waals surface area (Å²) in [5, 5.41) is 18.6. The molecule has 9 heteroatoms. The van der Waals surface area contributed by atoms with E-state index in [-0.39, 0.29) is 12.0 Å². The smallest absolute Gasteiger partial charge is 0.331 e. The van der Waals surface area contributed by atoms with Crippen LogP contribution >= 0.6 is 15.9 Å². The Hall–Kier alpha value is -3.17. The van der Waals surface area contributed by atoms with Crippen molar-refractivity contribution in [3.05, 3.63) is 89.1 Å². The Morgan fingerprint density at radius 3 is 2.22 bits per heavy atom. The lowest BCUT2D eigenvalue weighted by Gasteiger charge is -2.27. The van der Waals surface area contributed by atoms with Gasteiger partial charge in [-0.3, -0.25) is 4.79 Å². The van der Waals surface area contributed by atoms with Gasteiger partial charge in [-0.05, 0) is 37.6 Å². The number of benzene rings is 2. The summed E-state index contributed by atoms with van der Waals surface area (Å²) in [7, 11) is -3.51. The number of halogens is 1. The maximum absolute atomic E-state index is 12.5. The largest absolute Gasteiger partial charge is 0.481 e. The van der Waals surface area contributed by atoms with Crippen molar-refractivity contribution in [1.29, 1.82) is 0 Å². The van der Waals surface area contributed by atoms with E-state index < -0.39 is 27.4 Å². The maximum atomic E-state index is 12.5. The minimum Gasteiger partial charge on any atom is -0.481 e. The average Bonchev–Trinajstić information content (AvgIpc) is 3.21. The van der Waals surface area contributed by atoms with Crippen LogP contribution in [0, 0.1) is 5.41 Å². The fourth-order valence-electron chi connectivity index (χ4n) is 3.18. The first-order chi connectivity index (χ1) is 15.1. The van der Waals surface area contributed by atoms with E-state index in [4.69, 9.17) is 10.2 Å². The van der Waals surface area contributed by atoms with Gasteiger partial charge < -0.3 is 10.2 Å². The van der Waals surface area contributed by atoms with Gasteiger partial charge >= 0.3 is 11.9 Å². The molecule has 1 unspecified atom stereocenters. The van der Waals surface area contributed by atoms with Crippen molar-refractivity contribution in [3.8, 4) is 0 Å². The summed E-state index contributed by atoms with van der Waals surface area (Å²) in [4.78, 5) is 21.9. The molecule has 0 saturated carbocycles. The predicted octanol–water partition coefficient (Wildman–Crippen LogP) is 4.65. The van der Waals surface area contributed by atoms with Crippen LogP contribution in [-0.4, -0.2) is 34.5 Å². The molecule has 4 rings (SSSR count). The molecule has 32 heavy (non-hydrogen) atoms. The zero-order valence-electron chi connectivity index (χ0n) is 17.0. The molecule has 1 aliphatic carbocycles. The number of carbonyl (C=O) groups is 2. The molecule has 0 radical (unpaired) electrons. The lowest BCUT2D eigenvalue weighted by Crippen LogP contribution is -2.31. The summed E-state index contributed by atoms with van der Waals surface area (Å²) >= 11 is 3.13. The predicted molar refractivity (Wildman–Crippen MR) is 124 cm³/mol. The first kappa shape index (κ1) is 23.5. The molecule has 1 aromatic heterocycles. The SMILES string of the molecule is CC1(C(=O)O)CC(C(=O)O)=CC=C1Br.O=S(=O)(c1ccccc1)n1ccc2ccccc21. The summed E-state index contributed by atoms with van der Waals surface area (Å²) in [6.45, 7) is 1.49. The number of carboxylic acid groups (broad SMARTS) is 2. The van der Waals surface area contributed by atoms with Crippen LogP contribution in [0.25, 0.3) is 10.9 Å². The van der Waals surface area contributed by atoms with Gasteiger partial charge in [-0.15, -0.1) is 0 Å². The first-order valence-corrected chi connectivity index (χ1v) is 11.7. The monoisotopic (exact) mass is 517 g/mol. The standard InChI is InChI=1S/C14H11NO2S.C9H9BrO4/c16-18(17,13-7-2-1-3-8-13)15-11-10-12-6-4-5-9-14(12)15;1-9(8(13)14)4-5(7(11)12)2-3-6(9)10/h1-11H;2-3H,4H2,1H3,(H,11,12)(H,13,14). The zero-order chi connectivity index (χ0) is 23.5. The van der Waals surface area contributed by atoms with Gasteiger partial charge in [0.05, 0.1) is 10.4 Å². The molecule has 0 spiro atoms. The van der Waals surface area contributed by atoms with E-state index in [2.05, 4.69) is 15.9 Å². The number of hydrogen-bond acceptors (Lipinski definition) is 4. The second kappa shape index (κ2) is 9.13. The van der Waals surface area contributed by atoms with E-state index in [1.54, 1.807) is 48.7 Å². The van der Waals surface area contributed by atoms with E-state index >= 15 is 0 Å². The molecule has 2 N–H and O–H groups in total. The van der Waals surface area contributed by atoms with Crippen molar-refractivity contribution in [2.75, 3.05) is 0 Å². The van der Waals surface area contributed by atoms with Crippen LogP contribution in [-0.2, 0) is 19.6 Å². The molecule has 1 heterocycles. The number of aromatic nitrogens is 1. The van der Waals surface area contributed by atoms with Gasteiger partial charge in [0.1, 0.15) is 5.41 Å². The molecular formula is C23H20BrNO6S. The third-order valence-electron chi connectivity index (χ3n) is 5.11. The maximum Gasteiger partial charge on any atom is 0.331 e. The molecule has 0 bridgehead atoms. The Kier molecular flexibility index (Phi) is 6.71. The van der Waals surface area contributed by atoms with Crippen LogP contribution in [0.5, 0.6) is 0 Å². The minimum absolute atomic E-state index is 0.00521. The number of aliphatic carboxylic acids is 2. The number of carboxylic acids is 2. The minimum atomic E-state index is -3.51. The normalized spacial score (nSPS) is 18.2. The number of hydrogen-bond donors (Lipinski definition) is 2. The highest BCUT2D eigenvalue weighted by molar-refractivity contribution is 9.11. The van der Waals surface area contributed by atoms with E-state index in [1.807, 2.05) is 18.2 Å². The molecule has 0 fully saturated rings. The van der Waals surface area contributed by atoms with E-state index in [0.29, 0.717) is 14.9 Å². The number of allylic oxidation sites excluding steroid dienone is 2. The van der Waals surface area contributed by atoms with Crippen molar-refractivity contribution in [1.82, 2.24) is 3.97 Å². The highest BCUT2D eigenvalue weighted by Gasteiger charge is 2.39. The highest BCUT2D eigenvalue weighted by Crippen LogP contribution is 2.41. The van der Waals surface area contributed by atoms with Crippen LogP contribution in [0.3, 0.4) is 0 Å². The topological polar surface area (TPSA) is 114 Å². The van der Waals surface area contributed by atoms with Crippen molar-refractivity contribution in [3.63, 3.8) is 0 Å². The summed E-state index contributed by atoms with van der Waals surface area (Å²) in [6.07, 6.45) is 4.47. The average molecular weight is 518 g/mol. The Balaban J connectivity index is 0.000000188. The van der Waals surface area contributed by atoms with Crippen molar-refractivity contribution < 1.29 is 28.2 Å². The van der Waals surface area contributed by atoms with E-state index in [0.717, 1.165) is 5.39 Å². The molecule has 3 aromatic rings. The summed E-state index contributed by atoms with van der Waals surface area (Å²) in [6, 6.07) is 17.7. The molecule has 1 atom stereocenters. The second-order valence-electron chi connectivity index (χ2n) is 7.31. The van der Waals surface area contributed by atoms with Crippen LogP contribution in [0.1, 0.15) is 13.3 Å². The van der Waals surface area contributed by atoms with E-state index in [1.165, 1.54) is 23.0 Å². The van der Waals surface area contributed by atoms with Gasteiger partial charge in [0.25, 0.3) is 10.0 Å². The number of rotatable bonds is 4. The number of nitrogens with zero attached hydrogens (tertiary/aromatic N) is 1. The molecule has 7 nitrogen and oxygen atoms in total. The molecular weight excluding hydrogens is 498 g/mol. The van der Waals surface area contributed by atoms with Crippen LogP contribution in [0.15, 0.2) is 94.0 Å². The Morgan fingerprint density at radius 2 is 1.59 bits per heavy atom. The van der Waals surface area contributed by atoms with Gasteiger partial charge in [-0.25, -0.2) is 17.2 Å². The quantitative estimate of drug-likeness (QED) is 0.520. The van der Waals surface area contributed by atoms with Gasteiger partial charge in [-0.2, -0.15) is 0 Å². The third kappa shape index (κ3) is 4.53. The molecule has 166 valence electrons. The van der Waals surface area contributed by atoms with Crippen molar-refractivity contribution in [2.24, 2.45) is 5.41 Å². The highest BCUT2D eigenvalue weighted by atomic mass is 79.9. The lowest BCUT2D eigenvalue weighted by molar-refractivity contribution is -0.145. The molecule has 0 aliphatic heterocycles. The van der Waals surface area contributed by atoms with Crippen LogP contribution < -0.4 is 0 Å². The fraction of sp³-hybridized carbons (Fsp3) is 0.130. The van der Waals surface area contributed by atoms with Gasteiger partial charge in [0.2, 0.25) is 0 Å². The van der Waals surface area contributed by atoms with Crippen LogP contribution in [0.2, 0.25) is 0 Å². The number of fused-ring (bicyclic) bond motifs is 1. The molecule has 0 saturated heterocycles. The first-order valence-electron chi connectivity index (χ1n) is 9.47. The summed E-state index contributed by atoms with van der Waals surface area (Å²) in [5.74, 6) is -2.11.